The smallest absolute Gasteiger partial charge is 0.251 e. The molecule has 6 heteroatoms. The van der Waals surface area contributed by atoms with Crippen LogP contribution in [-0.4, -0.2) is 30.3 Å². The van der Waals surface area contributed by atoms with Gasteiger partial charge in [0.05, 0.1) is 6.54 Å². The van der Waals surface area contributed by atoms with Crippen LogP contribution in [0.4, 0.5) is 0 Å². The van der Waals surface area contributed by atoms with Crippen LogP contribution in [0.3, 0.4) is 0 Å². The van der Waals surface area contributed by atoms with E-state index in [2.05, 4.69) is 64.7 Å². The minimum absolute atomic E-state index is 0.102. The van der Waals surface area contributed by atoms with Gasteiger partial charge in [-0.15, -0.1) is 12.6 Å². The zero-order valence-electron chi connectivity index (χ0n) is 25.4. The Morgan fingerprint density at radius 2 is 1.53 bits per heavy atom. The van der Waals surface area contributed by atoms with Gasteiger partial charge in [-0.05, 0) is 97.8 Å². The maximum absolute atomic E-state index is 12.6. The Morgan fingerprint density at radius 3 is 2.21 bits per heavy atom. The van der Waals surface area contributed by atoms with Gasteiger partial charge in [-0.2, -0.15) is 0 Å². The van der Waals surface area contributed by atoms with E-state index in [0.29, 0.717) is 24.3 Å². The summed E-state index contributed by atoms with van der Waals surface area (Å²) >= 11 is 3.91. The lowest BCUT2D eigenvalue weighted by atomic mass is 9.96. The fraction of sp³-hybridized carbons (Fsp3) is 0.243. The van der Waals surface area contributed by atoms with Gasteiger partial charge in [0.2, 0.25) is 5.12 Å². The highest BCUT2D eigenvalue weighted by Crippen LogP contribution is 2.31. The standard InChI is InChI=1S/C22H25NO3.C15H14OS/c1-14(2)16(4)19-11-17(10-9-15(19)3)22(24)23-12-18-13-25-20-7-5-6-8-21(20)26-18;1-2-11-7-9-12(10-8-11)13-5-3-4-6-14(13)15(16)17/h5-11,18H,12-13H2,1-4H3,(H,23,24);3-10H,2H2,1H3,(H,16,17). The number of aryl methyl sites for hydroxylation is 2. The van der Waals surface area contributed by atoms with Crippen molar-refractivity contribution in [3.8, 4) is 22.6 Å². The Kier molecular flexibility index (Phi) is 10.8. The van der Waals surface area contributed by atoms with Crippen molar-refractivity contribution in [2.75, 3.05) is 13.2 Å². The molecule has 4 aromatic carbocycles. The molecule has 43 heavy (non-hydrogen) atoms. The molecule has 5 rings (SSSR count). The number of fused-ring (bicyclic) bond motifs is 1. The van der Waals surface area contributed by atoms with Crippen molar-refractivity contribution < 1.29 is 19.1 Å². The Morgan fingerprint density at radius 1 is 0.860 bits per heavy atom. The number of benzene rings is 4. The number of carbonyl (C=O) groups excluding carboxylic acids is 2. The first-order chi connectivity index (χ1) is 20.7. The number of nitrogens with one attached hydrogen (secondary N) is 1. The van der Waals surface area contributed by atoms with Crippen LogP contribution in [-0.2, 0) is 6.42 Å². The van der Waals surface area contributed by atoms with Gasteiger partial charge in [-0.25, -0.2) is 0 Å². The van der Waals surface area contributed by atoms with Gasteiger partial charge in [0, 0.05) is 11.1 Å². The topological polar surface area (TPSA) is 64.6 Å². The number of thiol groups is 1. The van der Waals surface area contributed by atoms with E-state index in [4.69, 9.17) is 9.47 Å². The molecule has 0 spiro atoms. The quantitative estimate of drug-likeness (QED) is 0.211. The molecule has 222 valence electrons. The van der Waals surface area contributed by atoms with Gasteiger partial charge < -0.3 is 14.8 Å². The second-order valence-corrected chi connectivity index (χ2v) is 11.2. The molecule has 0 aromatic heterocycles. The first-order valence-corrected chi connectivity index (χ1v) is 15.0. The van der Waals surface area contributed by atoms with Gasteiger partial charge in [-0.1, -0.05) is 73.2 Å². The lowest BCUT2D eigenvalue weighted by Crippen LogP contribution is -2.40. The van der Waals surface area contributed by atoms with Crippen molar-refractivity contribution >= 4 is 29.2 Å². The fourth-order valence-corrected chi connectivity index (χ4v) is 4.95. The van der Waals surface area contributed by atoms with Crippen LogP contribution in [0.15, 0.2) is 96.6 Å². The molecular weight excluding hydrogens is 554 g/mol. The summed E-state index contributed by atoms with van der Waals surface area (Å²) in [5.41, 5.74) is 9.33. The summed E-state index contributed by atoms with van der Waals surface area (Å²) in [6, 6.07) is 29.2. The number of allylic oxidation sites excluding steroid dienone is 2. The highest BCUT2D eigenvalue weighted by Gasteiger charge is 2.21. The number of ether oxygens (including phenoxy) is 2. The number of para-hydroxylation sites is 2. The lowest BCUT2D eigenvalue weighted by molar-refractivity contribution is 0.0789. The summed E-state index contributed by atoms with van der Waals surface area (Å²) in [6.07, 6.45) is 0.825. The number of amides is 1. The second-order valence-electron chi connectivity index (χ2n) is 10.8. The van der Waals surface area contributed by atoms with Crippen LogP contribution >= 0.6 is 12.6 Å². The van der Waals surface area contributed by atoms with Crippen LogP contribution in [0, 0.1) is 6.92 Å². The third-order valence-electron chi connectivity index (χ3n) is 7.54. The van der Waals surface area contributed by atoms with Gasteiger partial charge in [0.15, 0.2) is 11.5 Å². The van der Waals surface area contributed by atoms with Crippen molar-refractivity contribution in [2.45, 2.75) is 47.1 Å². The molecule has 1 N–H and O–H groups in total. The summed E-state index contributed by atoms with van der Waals surface area (Å²) in [5.74, 6) is 1.36. The van der Waals surface area contributed by atoms with Crippen molar-refractivity contribution in [1.29, 1.82) is 0 Å². The molecule has 0 saturated carbocycles. The number of hydrogen-bond donors (Lipinski definition) is 2. The molecule has 5 nitrogen and oxygen atoms in total. The number of hydrogen-bond acceptors (Lipinski definition) is 4. The van der Waals surface area contributed by atoms with E-state index < -0.39 is 0 Å². The molecule has 0 fully saturated rings. The van der Waals surface area contributed by atoms with Gasteiger partial charge in [0.1, 0.15) is 12.7 Å². The first kappa shape index (κ1) is 31.6. The molecule has 1 heterocycles. The summed E-state index contributed by atoms with van der Waals surface area (Å²) < 4.78 is 11.6. The third-order valence-corrected chi connectivity index (χ3v) is 7.78. The molecule has 1 aliphatic rings. The molecule has 0 saturated heterocycles. The van der Waals surface area contributed by atoms with Crippen molar-refractivity contribution in [1.82, 2.24) is 5.32 Å². The third kappa shape index (κ3) is 8.17. The van der Waals surface area contributed by atoms with E-state index in [1.165, 1.54) is 22.3 Å². The van der Waals surface area contributed by atoms with E-state index in [1.807, 2.05) is 72.8 Å². The predicted octanol–water partition coefficient (Wildman–Crippen LogP) is 8.36. The SMILES string of the molecule is CC(C)=C(C)c1cc(C(=O)NCC2COc3ccccc3O2)ccc1C.CCc1ccc(-c2ccccc2C(=O)S)cc1. The van der Waals surface area contributed by atoms with Crippen molar-refractivity contribution in [2.24, 2.45) is 0 Å². The Hall–Kier alpha value is -4.29. The highest BCUT2D eigenvalue weighted by atomic mass is 32.1. The van der Waals surface area contributed by atoms with Crippen LogP contribution in [0.2, 0.25) is 0 Å². The number of rotatable bonds is 7. The van der Waals surface area contributed by atoms with Gasteiger partial charge in [0.25, 0.3) is 5.91 Å². The average molecular weight is 594 g/mol. The van der Waals surface area contributed by atoms with E-state index in [9.17, 15) is 9.59 Å². The largest absolute Gasteiger partial charge is 0.486 e. The average Bonchev–Trinajstić information content (AvgIpc) is 3.03. The Bertz CT molecular complexity index is 1620. The minimum atomic E-state index is -0.196. The lowest BCUT2D eigenvalue weighted by Gasteiger charge is -2.26. The van der Waals surface area contributed by atoms with Gasteiger partial charge in [-0.3, -0.25) is 9.59 Å². The fourth-order valence-electron chi connectivity index (χ4n) is 4.75. The Labute approximate surface area is 260 Å². The maximum Gasteiger partial charge on any atom is 0.251 e. The number of carbonyl (C=O) groups is 2. The normalized spacial score (nSPS) is 13.3. The monoisotopic (exact) mass is 593 g/mol. The zero-order valence-corrected chi connectivity index (χ0v) is 26.3. The molecule has 1 unspecified atom stereocenters. The summed E-state index contributed by atoms with van der Waals surface area (Å²) in [5, 5.41) is 2.76. The van der Waals surface area contributed by atoms with E-state index >= 15 is 0 Å². The van der Waals surface area contributed by atoms with Crippen LogP contribution in [0.25, 0.3) is 16.7 Å². The Balaban J connectivity index is 0.000000215. The zero-order chi connectivity index (χ0) is 30.9. The molecular formula is C37H39NO4S. The molecule has 1 amide bonds. The maximum atomic E-state index is 12.6. The molecule has 0 aliphatic carbocycles. The van der Waals surface area contributed by atoms with Crippen molar-refractivity contribution in [3.63, 3.8) is 0 Å². The highest BCUT2D eigenvalue weighted by molar-refractivity contribution is 7.97. The summed E-state index contributed by atoms with van der Waals surface area (Å²) in [6.45, 7) is 11.3. The molecule has 1 aliphatic heterocycles. The molecule has 1 atom stereocenters. The molecule has 0 radical (unpaired) electrons. The molecule has 0 bridgehead atoms. The van der Waals surface area contributed by atoms with Gasteiger partial charge >= 0.3 is 0 Å². The predicted molar refractivity (Wildman–Crippen MR) is 178 cm³/mol. The van der Waals surface area contributed by atoms with E-state index in [-0.39, 0.29) is 17.1 Å². The minimum Gasteiger partial charge on any atom is -0.486 e. The van der Waals surface area contributed by atoms with E-state index in [0.717, 1.165) is 34.6 Å². The summed E-state index contributed by atoms with van der Waals surface area (Å²) in [7, 11) is 0. The van der Waals surface area contributed by atoms with Crippen LogP contribution < -0.4 is 14.8 Å². The van der Waals surface area contributed by atoms with E-state index in [1.54, 1.807) is 6.07 Å². The van der Waals surface area contributed by atoms with Crippen LogP contribution in [0.1, 0.15) is 65.1 Å². The second kappa shape index (κ2) is 14.7. The van der Waals surface area contributed by atoms with Crippen LogP contribution in [0.5, 0.6) is 11.5 Å². The van der Waals surface area contributed by atoms with Crippen molar-refractivity contribution in [3.05, 3.63) is 124 Å². The molecule has 4 aromatic rings. The first-order valence-electron chi connectivity index (χ1n) is 14.5. The summed E-state index contributed by atoms with van der Waals surface area (Å²) in [4.78, 5) is 24.0.